The number of aromatic carboxylic acids is 1. The molecule has 1 aromatic heterocycles. The van der Waals surface area contributed by atoms with Gasteiger partial charge in [0, 0.05) is 18.0 Å². The Hall–Kier alpha value is -1.30. The first-order chi connectivity index (χ1) is 8.18. The summed E-state index contributed by atoms with van der Waals surface area (Å²) in [6.45, 7) is 0.623. The number of nitrogens with zero attached hydrogens (tertiary/aromatic N) is 1. The van der Waals surface area contributed by atoms with Crippen molar-refractivity contribution in [3.8, 4) is 0 Å². The Morgan fingerprint density at radius 1 is 1.71 bits per heavy atom. The fourth-order valence-electron chi connectivity index (χ4n) is 1.75. The van der Waals surface area contributed by atoms with Gasteiger partial charge >= 0.3 is 5.97 Å². The van der Waals surface area contributed by atoms with Crippen molar-refractivity contribution in [3.05, 3.63) is 23.6 Å². The summed E-state index contributed by atoms with van der Waals surface area (Å²) in [5.74, 6) is -0.902. The molecule has 6 heteroatoms. The lowest BCUT2D eigenvalue weighted by Gasteiger charge is -2.11. The Morgan fingerprint density at radius 2 is 2.53 bits per heavy atom. The van der Waals surface area contributed by atoms with Crippen LogP contribution in [-0.2, 0) is 0 Å². The van der Waals surface area contributed by atoms with Gasteiger partial charge in [0.05, 0.1) is 0 Å². The number of carbonyl (C=O) groups is 1. The second-order valence-corrected chi connectivity index (χ2v) is 5.25. The normalized spacial score (nSPS) is 19.2. The Morgan fingerprint density at radius 3 is 3.18 bits per heavy atom. The molecular formula is C11H13FN2O2S. The van der Waals surface area contributed by atoms with Crippen molar-refractivity contribution in [3.63, 3.8) is 0 Å². The maximum Gasteiger partial charge on any atom is 0.338 e. The molecule has 0 saturated carbocycles. The molecule has 1 aromatic rings. The molecular weight excluding hydrogens is 243 g/mol. The molecule has 0 bridgehead atoms. The quantitative estimate of drug-likeness (QED) is 0.865. The van der Waals surface area contributed by atoms with E-state index in [0.29, 0.717) is 11.8 Å². The van der Waals surface area contributed by atoms with Gasteiger partial charge in [-0.15, -0.1) is 0 Å². The third-order valence-electron chi connectivity index (χ3n) is 2.64. The average molecular weight is 256 g/mol. The third-order valence-corrected chi connectivity index (χ3v) is 4.04. The van der Waals surface area contributed by atoms with Crippen molar-refractivity contribution in [1.82, 2.24) is 4.98 Å². The Balaban J connectivity index is 2.04. The zero-order chi connectivity index (χ0) is 12.3. The topological polar surface area (TPSA) is 62.2 Å². The molecule has 0 amide bonds. The first kappa shape index (κ1) is 12.2. The van der Waals surface area contributed by atoms with Gasteiger partial charge < -0.3 is 10.4 Å². The highest BCUT2D eigenvalue weighted by atomic mass is 32.2. The summed E-state index contributed by atoms with van der Waals surface area (Å²) in [6, 6.07) is 1.16. The van der Waals surface area contributed by atoms with E-state index in [1.165, 1.54) is 12.6 Å². The SMILES string of the molecule is O=C(O)c1ccnc(NCC2CCCS2)c1F. The number of thioether (sulfide) groups is 1. The zero-order valence-electron chi connectivity index (χ0n) is 9.15. The molecule has 0 spiro atoms. The van der Waals surface area contributed by atoms with Crippen LogP contribution in [0.15, 0.2) is 12.3 Å². The first-order valence-corrected chi connectivity index (χ1v) is 6.46. The maximum absolute atomic E-state index is 13.7. The number of nitrogens with one attached hydrogen (secondary N) is 1. The highest BCUT2D eigenvalue weighted by Crippen LogP contribution is 2.26. The fraction of sp³-hybridized carbons (Fsp3) is 0.455. The van der Waals surface area contributed by atoms with Gasteiger partial charge in [0.2, 0.25) is 0 Å². The van der Waals surface area contributed by atoms with Crippen LogP contribution in [0.5, 0.6) is 0 Å². The van der Waals surface area contributed by atoms with Crippen molar-refractivity contribution in [2.24, 2.45) is 0 Å². The molecule has 1 fully saturated rings. The number of carboxylic acids is 1. The summed E-state index contributed by atoms with van der Waals surface area (Å²) in [6.07, 6.45) is 3.59. The van der Waals surface area contributed by atoms with Crippen molar-refractivity contribution in [1.29, 1.82) is 0 Å². The number of pyridine rings is 1. The summed E-state index contributed by atoms with van der Waals surface area (Å²) in [5, 5.41) is 12.1. The van der Waals surface area contributed by atoms with Crippen LogP contribution >= 0.6 is 11.8 Å². The van der Waals surface area contributed by atoms with Gasteiger partial charge in [0.15, 0.2) is 11.6 Å². The molecule has 92 valence electrons. The van der Waals surface area contributed by atoms with Gasteiger partial charge in [0.1, 0.15) is 5.56 Å². The smallest absolute Gasteiger partial charge is 0.338 e. The van der Waals surface area contributed by atoms with E-state index in [1.807, 2.05) is 11.8 Å². The monoisotopic (exact) mass is 256 g/mol. The van der Waals surface area contributed by atoms with Gasteiger partial charge in [-0.25, -0.2) is 14.2 Å². The average Bonchev–Trinajstić information content (AvgIpc) is 2.80. The molecule has 1 atom stereocenters. The standard InChI is InChI=1S/C11H13FN2O2S/c12-9-8(11(15)16)3-4-13-10(9)14-6-7-2-1-5-17-7/h3-4,7H,1-2,5-6H2,(H,13,14)(H,15,16). The number of aromatic nitrogens is 1. The fourth-order valence-corrected chi connectivity index (χ4v) is 2.95. The minimum absolute atomic E-state index is 0.0254. The molecule has 1 saturated heterocycles. The van der Waals surface area contributed by atoms with Crippen LogP contribution in [0.4, 0.5) is 10.2 Å². The molecule has 2 N–H and O–H groups in total. The largest absolute Gasteiger partial charge is 0.478 e. The lowest BCUT2D eigenvalue weighted by Crippen LogP contribution is -2.16. The van der Waals surface area contributed by atoms with Crippen LogP contribution in [0.25, 0.3) is 0 Å². The molecule has 2 rings (SSSR count). The van der Waals surface area contributed by atoms with Crippen LogP contribution < -0.4 is 5.32 Å². The van der Waals surface area contributed by atoms with E-state index in [-0.39, 0.29) is 11.4 Å². The van der Waals surface area contributed by atoms with E-state index in [4.69, 9.17) is 5.11 Å². The van der Waals surface area contributed by atoms with Gasteiger partial charge in [-0.3, -0.25) is 0 Å². The minimum atomic E-state index is -1.27. The van der Waals surface area contributed by atoms with E-state index in [0.717, 1.165) is 18.2 Å². The third kappa shape index (κ3) is 2.88. The van der Waals surface area contributed by atoms with E-state index >= 15 is 0 Å². The molecule has 0 aliphatic carbocycles. The van der Waals surface area contributed by atoms with Crippen LogP contribution in [0.2, 0.25) is 0 Å². The molecule has 1 aliphatic rings. The molecule has 0 radical (unpaired) electrons. The van der Waals surface area contributed by atoms with Crippen LogP contribution in [0.1, 0.15) is 23.2 Å². The predicted molar refractivity (Wildman–Crippen MR) is 65.1 cm³/mol. The van der Waals surface area contributed by atoms with Gasteiger partial charge in [-0.05, 0) is 24.7 Å². The van der Waals surface area contributed by atoms with E-state index in [9.17, 15) is 9.18 Å². The number of hydrogen-bond acceptors (Lipinski definition) is 4. The van der Waals surface area contributed by atoms with Gasteiger partial charge in [-0.1, -0.05) is 0 Å². The highest BCUT2D eigenvalue weighted by molar-refractivity contribution is 8.00. The molecule has 0 aromatic carbocycles. The molecule has 17 heavy (non-hydrogen) atoms. The van der Waals surface area contributed by atoms with E-state index < -0.39 is 11.8 Å². The summed E-state index contributed by atoms with van der Waals surface area (Å²) in [5.41, 5.74) is -0.346. The Bertz CT molecular complexity index is 422. The van der Waals surface area contributed by atoms with Gasteiger partial charge in [0.25, 0.3) is 0 Å². The number of anilines is 1. The Labute approximate surface area is 103 Å². The second kappa shape index (κ2) is 5.35. The highest BCUT2D eigenvalue weighted by Gasteiger charge is 2.18. The number of carboxylic acid groups (broad SMARTS) is 1. The summed E-state index contributed by atoms with van der Waals surface area (Å²) in [4.78, 5) is 14.6. The van der Waals surface area contributed by atoms with Crippen molar-refractivity contribution in [2.75, 3.05) is 17.6 Å². The Kier molecular flexibility index (Phi) is 3.83. The summed E-state index contributed by atoms with van der Waals surface area (Å²) in [7, 11) is 0. The molecule has 2 heterocycles. The predicted octanol–water partition coefficient (Wildman–Crippen LogP) is 2.23. The van der Waals surface area contributed by atoms with Crippen LogP contribution in [0, 0.1) is 5.82 Å². The van der Waals surface area contributed by atoms with Crippen molar-refractivity contribution < 1.29 is 14.3 Å². The first-order valence-electron chi connectivity index (χ1n) is 5.41. The summed E-state index contributed by atoms with van der Waals surface area (Å²) >= 11 is 1.85. The van der Waals surface area contributed by atoms with Crippen molar-refractivity contribution >= 4 is 23.5 Å². The van der Waals surface area contributed by atoms with Crippen molar-refractivity contribution in [2.45, 2.75) is 18.1 Å². The molecule has 4 nitrogen and oxygen atoms in total. The zero-order valence-corrected chi connectivity index (χ0v) is 9.97. The van der Waals surface area contributed by atoms with Crippen LogP contribution in [0.3, 0.4) is 0 Å². The second-order valence-electron chi connectivity index (χ2n) is 3.84. The van der Waals surface area contributed by atoms with Crippen LogP contribution in [-0.4, -0.2) is 33.6 Å². The summed E-state index contributed by atoms with van der Waals surface area (Å²) < 4.78 is 13.7. The number of halogens is 1. The molecule has 1 aliphatic heterocycles. The lowest BCUT2D eigenvalue weighted by molar-refractivity contribution is 0.0692. The number of rotatable bonds is 4. The maximum atomic E-state index is 13.7. The minimum Gasteiger partial charge on any atom is -0.478 e. The lowest BCUT2D eigenvalue weighted by atomic mass is 10.2. The van der Waals surface area contributed by atoms with E-state index in [1.54, 1.807) is 0 Å². The van der Waals surface area contributed by atoms with Gasteiger partial charge in [-0.2, -0.15) is 11.8 Å². The number of hydrogen-bond donors (Lipinski definition) is 2. The van der Waals surface area contributed by atoms with E-state index in [2.05, 4.69) is 10.3 Å². The molecule has 1 unspecified atom stereocenters.